The average Bonchev–Trinajstić information content (AvgIpc) is 2.75. The summed E-state index contributed by atoms with van der Waals surface area (Å²) in [7, 11) is -3.65. The molecule has 2 atom stereocenters. The maximum Gasteiger partial charge on any atom is 0.247 e. The van der Waals surface area contributed by atoms with E-state index in [4.69, 9.17) is 5.14 Å². The zero-order chi connectivity index (χ0) is 13.3. The van der Waals surface area contributed by atoms with Crippen LogP contribution in [-0.2, 0) is 21.2 Å². The fourth-order valence-corrected chi connectivity index (χ4v) is 3.53. The Balaban J connectivity index is 1.85. The Morgan fingerprint density at radius 2 is 2.22 bits per heavy atom. The molecule has 0 bridgehead atoms. The van der Waals surface area contributed by atoms with Crippen molar-refractivity contribution in [3.8, 4) is 0 Å². The third-order valence-corrected chi connectivity index (χ3v) is 5.61. The van der Waals surface area contributed by atoms with Crippen molar-refractivity contribution in [3.05, 3.63) is 17.0 Å². The molecule has 0 spiro atoms. The molecule has 1 fully saturated rings. The van der Waals surface area contributed by atoms with E-state index in [-0.39, 0.29) is 16.5 Å². The lowest BCUT2D eigenvalue weighted by Crippen LogP contribution is -2.27. The summed E-state index contributed by atoms with van der Waals surface area (Å²) >= 11 is 1.04. The third-order valence-electron chi connectivity index (χ3n) is 3.09. The Hall–Kier alpha value is -0.920. The molecule has 100 valence electrons. The lowest BCUT2D eigenvalue weighted by Gasteiger charge is -2.02. The molecule has 0 radical (unpaired) electrons. The number of rotatable bonds is 5. The first kappa shape index (κ1) is 13.5. The molecule has 1 saturated carbocycles. The Labute approximate surface area is 110 Å². The molecule has 1 amide bonds. The van der Waals surface area contributed by atoms with Crippen molar-refractivity contribution >= 4 is 27.3 Å². The van der Waals surface area contributed by atoms with Crippen LogP contribution in [0.15, 0.2) is 16.3 Å². The maximum absolute atomic E-state index is 11.6. The standard InChI is InChI=1S/C11H16N2O3S2/c1-7-4-8(7)6-13-10(14)5-9-2-3-11(17-9)18(12,15)16/h2-3,7-8H,4-6H2,1H3,(H,13,14)(H2,12,15,16). The first-order valence-electron chi connectivity index (χ1n) is 5.74. The van der Waals surface area contributed by atoms with Gasteiger partial charge in [0.1, 0.15) is 4.21 Å². The number of nitrogens with one attached hydrogen (secondary N) is 1. The minimum atomic E-state index is -3.65. The van der Waals surface area contributed by atoms with Gasteiger partial charge < -0.3 is 5.32 Å². The highest BCUT2D eigenvalue weighted by Crippen LogP contribution is 2.36. The molecular weight excluding hydrogens is 272 g/mol. The smallest absolute Gasteiger partial charge is 0.247 e. The summed E-state index contributed by atoms with van der Waals surface area (Å²) in [4.78, 5) is 12.3. The summed E-state index contributed by atoms with van der Waals surface area (Å²) in [5.74, 6) is 1.25. The van der Waals surface area contributed by atoms with Crippen molar-refractivity contribution in [2.45, 2.75) is 24.0 Å². The van der Waals surface area contributed by atoms with Gasteiger partial charge in [0.15, 0.2) is 0 Å². The highest BCUT2D eigenvalue weighted by molar-refractivity contribution is 7.91. The largest absolute Gasteiger partial charge is 0.356 e. The quantitative estimate of drug-likeness (QED) is 0.836. The average molecular weight is 288 g/mol. The minimum absolute atomic E-state index is 0.0723. The summed E-state index contributed by atoms with van der Waals surface area (Å²) in [5.41, 5.74) is 0. The molecule has 2 rings (SSSR count). The Morgan fingerprint density at radius 3 is 2.72 bits per heavy atom. The first-order valence-corrected chi connectivity index (χ1v) is 8.11. The zero-order valence-corrected chi connectivity index (χ0v) is 11.7. The van der Waals surface area contributed by atoms with Crippen LogP contribution < -0.4 is 10.5 Å². The Bertz CT molecular complexity index is 550. The number of amides is 1. The number of carbonyl (C=O) groups excluding carboxylic acids is 1. The summed E-state index contributed by atoms with van der Waals surface area (Å²) < 4.78 is 22.3. The van der Waals surface area contributed by atoms with Crippen LogP contribution in [0.3, 0.4) is 0 Å². The van der Waals surface area contributed by atoms with E-state index in [1.807, 2.05) is 0 Å². The van der Waals surface area contributed by atoms with E-state index in [0.717, 1.165) is 11.3 Å². The highest BCUT2D eigenvalue weighted by atomic mass is 32.2. The molecule has 1 heterocycles. The van der Waals surface area contributed by atoms with Gasteiger partial charge in [0, 0.05) is 11.4 Å². The van der Waals surface area contributed by atoms with Gasteiger partial charge in [-0.2, -0.15) is 0 Å². The number of hydrogen-bond donors (Lipinski definition) is 2. The van der Waals surface area contributed by atoms with Gasteiger partial charge in [-0.05, 0) is 30.4 Å². The number of carbonyl (C=O) groups is 1. The lowest BCUT2D eigenvalue weighted by molar-refractivity contribution is -0.120. The van der Waals surface area contributed by atoms with Gasteiger partial charge in [0.2, 0.25) is 15.9 Å². The molecular formula is C11H16N2O3S2. The molecule has 5 nitrogen and oxygen atoms in total. The van der Waals surface area contributed by atoms with Gasteiger partial charge in [-0.1, -0.05) is 6.92 Å². The van der Waals surface area contributed by atoms with Crippen LogP contribution in [0.5, 0.6) is 0 Å². The van der Waals surface area contributed by atoms with Crippen molar-refractivity contribution in [1.82, 2.24) is 5.32 Å². The van der Waals surface area contributed by atoms with Crippen molar-refractivity contribution in [2.75, 3.05) is 6.54 Å². The van der Waals surface area contributed by atoms with Gasteiger partial charge in [0.25, 0.3) is 0 Å². The first-order chi connectivity index (χ1) is 8.36. The second-order valence-corrected chi connectivity index (χ2v) is 7.68. The van der Waals surface area contributed by atoms with Crippen LogP contribution in [0.4, 0.5) is 0 Å². The van der Waals surface area contributed by atoms with E-state index < -0.39 is 10.0 Å². The molecule has 0 saturated heterocycles. The summed E-state index contributed by atoms with van der Waals surface area (Å²) in [6.45, 7) is 2.88. The second kappa shape index (κ2) is 4.99. The van der Waals surface area contributed by atoms with E-state index in [1.54, 1.807) is 6.07 Å². The van der Waals surface area contributed by atoms with Gasteiger partial charge in [0.05, 0.1) is 6.42 Å². The van der Waals surface area contributed by atoms with Crippen LogP contribution in [0, 0.1) is 11.8 Å². The molecule has 1 aliphatic carbocycles. The molecule has 1 aromatic heterocycles. The van der Waals surface area contributed by atoms with Crippen LogP contribution in [0.2, 0.25) is 0 Å². The monoisotopic (exact) mass is 288 g/mol. The number of primary sulfonamides is 1. The van der Waals surface area contributed by atoms with E-state index in [9.17, 15) is 13.2 Å². The van der Waals surface area contributed by atoms with Crippen LogP contribution >= 0.6 is 11.3 Å². The van der Waals surface area contributed by atoms with Crippen LogP contribution in [0.25, 0.3) is 0 Å². The number of sulfonamides is 1. The van der Waals surface area contributed by atoms with Gasteiger partial charge in [-0.3, -0.25) is 4.79 Å². The molecule has 0 aliphatic heterocycles. The zero-order valence-electron chi connectivity index (χ0n) is 10.0. The normalized spacial score (nSPS) is 22.8. The maximum atomic E-state index is 11.6. The summed E-state index contributed by atoms with van der Waals surface area (Å²) in [6.07, 6.45) is 1.39. The number of hydrogen-bond acceptors (Lipinski definition) is 4. The Kier molecular flexibility index (Phi) is 3.74. The van der Waals surface area contributed by atoms with E-state index in [2.05, 4.69) is 12.2 Å². The second-order valence-electron chi connectivity index (χ2n) is 4.72. The van der Waals surface area contributed by atoms with Crippen molar-refractivity contribution in [1.29, 1.82) is 0 Å². The van der Waals surface area contributed by atoms with E-state index in [1.165, 1.54) is 12.5 Å². The van der Waals surface area contributed by atoms with Gasteiger partial charge in [-0.25, -0.2) is 13.6 Å². The number of nitrogens with two attached hydrogens (primary N) is 1. The fraction of sp³-hybridized carbons (Fsp3) is 0.545. The summed E-state index contributed by atoms with van der Waals surface area (Å²) in [5, 5.41) is 7.86. The Morgan fingerprint density at radius 1 is 1.56 bits per heavy atom. The van der Waals surface area contributed by atoms with Crippen LogP contribution in [0.1, 0.15) is 18.2 Å². The third kappa shape index (κ3) is 3.54. The molecule has 0 aromatic carbocycles. The van der Waals surface area contributed by atoms with Crippen molar-refractivity contribution in [3.63, 3.8) is 0 Å². The lowest BCUT2D eigenvalue weighted by atomic mass is 10.3. The number of thiophene rings is 1. The molecule has 1 aliphatic rings. The predicted octanol–water partition coefficient (Wildman–Crippen LogP) is 0.710. The van der Waals surface area contributed by atoms with Crippen molar-refractivity contribution < 1.29 is 13.2 Å². The molecule has 7 heteroatoms. The van der Waals surface area contributed by atoms with Crippen molar-refractivity contribution in [2.24, 2.45) is 17.0 Å². The van der Waals surface area contributed by atoms with Gasteiger partial charge in [-0.15, -0.1) is 11.3 Å². The molecule has 3 N–H and O–H groups in total. The van der Waals surface area contributed by atoms with Crippen LogP contribution in [-0.4, -0.2) is 20.9 Å². The van der Waals surface area contributed by atoms with Gasteiger partial charge >= 0.3 is 0 Å². The summed E-state index contributed by atoms with van der Waals surface area (Å²) in [6, 6.07) is 3.06. The minimum Gasteiger partial charge on any atom is -0.356 e. The topological polar surface area (TPSA) is 89.3 Å². The fourth-order valence-electron chi connectivity index (χ4n) is 1.76. The molecule has 18 heavy (non-hydrogen) atoms. The van der Waals surface area contributed by atoms with E-state index in [0.29, 0.717) is 23.3 Å². The SMILES string of the molecule is CC1CC1CNC(=O)Cc1ccc(S(N)(=O)=O)s1. The molecule has 2 unspecified atom stereocenters. The predicted molar refractivity (Wildman–Crippen MR) is 69.7 cm³/mol. The highest BCUT2D eigenvalue weighted by Gasteiger charge is 2.32. The molecule has 1 aromatic rings. The van der Waals surface area contributed by atoms with E-state index >= 15 is 0 Å².